The highest BCUT2D eigenvalue weighted by Gasteiger charge is 2.24. The van der Waals surface area contributed by atoms with Gasteiger partial charge in [0.15, 0.2) is 0 Å². The van der Waals surface area contributed by atoms with Crippen LogP contribution in [0.25, 0.3) is 0 Å². The Kier molecular flexibility index (Phi) is 4.35. The van der Waals surface area contributed by atoms with Gasteiger partial charge in [0.2, 0.25) is 0 Å². The number of halogens is 1. The van der Waals surface area contributed by atoms with Crippen LogP contribution in [0, 0.1) is 6.92 Å². The Morgan fingerprint density at radius 3 is 2.35 bits per heavy atom. The summed E-state index contributed by atoms with van der Waals surface area (Å²) < 4.78 is 26.8. The first-order valence-electron chi connectivity index (χ1n) is 6.30. The largest absolute Gasteiger partial charge is 0.266 e. The Balaban J connectivity index is 2.55. The van der Waals surface area contributed by atoms with Crippen molar-refractivity contribution in [2.75, 3.05) is 10.8 Å². The van der Waals surface area contributed by atoms with Gasteiger partial charge in [0.1, 0.15) is 0 Å². The van der Waals surface area contributed by atoms with E-state index < -0.39 is 10.0 Å². The second kappa shape index (κ2) is 5.85. The van der Waals surface area contributed by atoms with Gasteiger partial charge in [-0.3, -0.25) is 4.31 Å². The van der Waals surface area contributed by atoms with Gasteiger partial charge in [-0.2, -0.15) is 0 Å². The van der Waals surface area contributed by atoms with Crippen LogP contribution >= 0.6 is 11.6 Å². The molecule has 0 saturated carbocycles. The summed E-state index contributed by atoms with van der Waals surface area (Å²) in [6.07, 6.45) is 0. The molecule has 2 aromatic carbocycles. The molecule has 0 N–H and O–H groups in total. The first-order chi connectivity index (χ1) is 9.46. The molecule has 0 unspecified atom stereocenters. The van der Waals surface area contributed by atoms with Gasteiger partial charge in [-0.15, -0.1) is 0 Å². The van der Waals surface area contributed by atoms with E-state index >= 15 is 0 Å². The molecule has 0 aliphatic carbocycles. The summed E-state index contributed by atoms with van der Waals surface area (Å²) in [5.74, 6) is 0. The molecule has 20 heavy (non-hydrogen) atoms. The maximum atomic E-state index is 12.7. The van der Waals surface area contributed by atoms with Crippen molar-refractivity contribution < 1.29 is 8.42 Å². The molecule has 0 radical (unpaired) electrons. The second-order valence-corrected chi connectivity index (χ2v) is 6.71. The average Bonchev–Trinajstić information content (AvgIpc) is 2.44. The summed E-state index contributed by atoms with van der Waals surface area (Å²) in [4.78, 5) is 0.279. The van der Waals surface area contributed by atoms with Crippen molar-refractivity contribution in [1.82, 2.24) is 0 Å². The minimum Gasteiger partial charge on any atom is -0.266 e. The lowest BCUT2D eigenvalue weighted by molar-refractivity contribution is 0.592. The van der Waals surface area contributed by atoms with E-state index in [1.54, 1.807) is 49.4 Å². The lowest BCUT2D eigenvalue weighted by atomic mass is 10.2. The SMILES string of the molecule is CCN(c1cc(Cl)ccc1C)S(=O)(=O)c1ccccc1. The number of anilines is 1. The number of aryl methyl sites for hydroxylation is 1. The standard InChI is InChI=1S/C15H16ClNO2S/c1-3-17(15-11-13(16)10-9-12(15)2)20(18,19)14-7-5-4-6-8-14/h4-11H,3H2,1-2H3. The number of rotatable bonds is 4. The van der Waals surface area contributed by atoms with Crippen molar-refractivity contribution in [1.29, 1.82) is 0 Å². The fourth-order valence-electron chi connectivity index (χ4n) is 2.04. The van der Waals surface area contributed by atoms with Crippen molar-refractivity contribution in [2.45, 2.75) is 18.7 Å². The van der Waals surface area contributed by atoms with E-state index in [9.17, 15) is 8.42 Å². The van der Waals surface area contributed by atoms with E-state index in [0.717, 1.165) is 5.56 Å². The molecule has 0 atom stereocenters. The number of hydrogen-bond acceptors (Lipinski definition) is 2. The van der Waals surface area contributed by atoms with Crippen molar-refractivity contribution in [2.24, 2.45) is 0 Å². The van der Waals surface area contributed by atoms with Crippen molar-refractivity contribution in [3.8, 4) is 0 Å². The number of nitrogens with zero attached hydrogens (tertiary/aromatic N) is 1. The summed E-state index contributed by atoms with van der Waals surface area (Å²) in [5.41, 5.74) is 1.49. The first kappa shape index (κ1) is 14.9. The second-order valence-electron chi connectivity index (χ2n) is 4.41. The molecule has 3 nitrogen and oxygen atoms in total. The Morgan fingerprint density at radius 2 is 1.75 bits per heavy atom. The zero-order valence-corrected chi connectivity index (χ0v) is 12.9. The molecule has 0 amide bonds. The predicted molar refractivity (Wildman–Crippen MR) is 82.8 cm³/mol. The van der Waals surface area contributed by atoms with E-state index in [0.29, 0.717) is 17.3 Å². The first-order valence-corrected chi connectivity index (χ1v) is 8.12. The van der Waals surface area contributed by atoms with Gasteiger partial charge in [0, 0.05) is 11.6 Å². The molecule has 0 aromatic heterocycles. The van der Waals surface area contributed by atoms with Crippen LogP contribution in [0.1, 0.15) is 12.5 Å². The van der Waals surface area contributed by atoms with Gasteiger partial charge in [-0.1, -0.05) is 35.9 Å². The molecular weight excluding hydrogens is 294 g/mol. The quantitative estimate of drug-likeness (QED) is 0.860. The van der Waals surface area contributed by atoms with Gasteiger partial charge in [-0.05, 0) is 43.7 Å². The van der Waals surface area contributed by atoms with Crippen LogP contribution in [0.15, 0.2) is 53.4 Å². The van der Waals surface area contributed by atoms with Crippen molar-refractivity contribution in [3.05, 3.63) is 59.1 Å². The number of benzene rings is 2. The molecule has 0 aliphatic rings. The van der Waals surface area contributed by atoms with E-state index in [2.05, 4.69) is 0 Å². The van der Waals surface area contributed by atoms with Crippen LogP contribution in [-0.4, -0.2) is 15.0 Å². The average molecular weight is 310 g/mol. The van der Waals surface area contributed by atoms with Crippen LogP contribution in [0.2, 0.25) is 5.02 Å². The summed E-state index contributed by atoms with van der Waals surface area (Å²) in [5, 5.41) is 0.521. The van der Waals surface area contributed by atoms with Gasteiger partial charge in [0.25, 0.3) is 10.0 Å². The summed E-state index contributed by atoms with van der Waals surface area (Å²) >= 11 is 5.99. The summed E-state index contributed by atoms with van der Waals surface area (Å²) in [7, 11) is -3.57. The van der Waals surface area contributed by atoms with E-state index in [-0.39, 0.29) is 4.90 Å². The number of sulfonamides is 1. The highest BCUT2D eigenvalue weighted by atomic mass is 35.5. The minimum absolute atomic E-state index is 0.279. The lowest BCUT2D eigenvalue weighted by Gasteiger charge is -2.24. The molecule has 5 heteroatoms. The van der Waals surface area contributed by atoms with Crippen LogP contribution in [-0.2, 0) is 10.0 Å². The Morgan fingerprint density at radius 1 is 1.10 bits per heavy atom. The van der Waals surface area contributed by atoms with E-state index in [4.69, 9.17) is 11.6 Å². The van der Waals surface area contributed by atoms with Crippen LogP contribution in [0.5, 0.6) is 0 Å². The van der Waals surface area contributed by atoms with Crippen LogP contribution < -0.4 is 4.31 Å². The van der Waals surface area contributed by atoms with Gasteiger partial charge >= 0.3 is 0 Å². The van der Waals surface area contributed by atoms with Gasteiger partial charge in [-0.25, -0.2) is 8.42 Å². The molecule has 0 aliphatic heterocycles. The molecule has 2 rings (SSSR count). The topological polar surface area (TPSA) is 37.4 Å². The highest BCUT2D eigenvalue weighted by Crippen LogP contribution is 2.29. The van der Waals surface area contributed by atoms with Crippen molar-refractivity contribution >= 4 is 27.3 Å². The van der Waals surface area contributed by atoms with Gasteiger partial charge < -0.3 is 0 Å². The molecule has 2 aromatic rings. The zero-order valence-electron chi connectivity index (χ0n) is 11.4. The Hall–Kier alpha value is -1.52. The number of hydrogen-bond donors (Lipinski definition) is 0. The highest BCUT2D eigenvalue weighted by molar-refractivity contribution is 7.92. The molecule has 0 heterocycles. The van der Waals surface area contributed by atoms with Crippen LogP contribution in [0.4, 0.5) is 5.69 Å². The normalized spacial score (nSPS) is 11.3. The smallest absolute Gasteiger partial charge is 0.264 e. The minimum atomic E-state index is -3.57. The molecule has 106 valence electrons. The Labute approximate surface area is 124 Å². The zero-order chi connectivity index (χ0) is 14.8. The molecular formula is C15H16ClNO2S. The molecule has 0 spiro atoms. The van der Waals surface area contributed by atoms with Crippen molar-refractivity contribution in [3.63, 3.8) is 0 Å². The fraction of sp³-hybridized carbons (Fsp3) is 0.200. The summed E-state index contributed by atoms with van der Waals surface area (Å²) in [6.45, 7) is 4.02. The third-order valence-corrected chi connectivity index (χ3v) is 5.20. The predicted octanol–water partition coefficient (Wildman–Crippen LogP) is 3.86. The van der Waals surface area contributed by atoms with E-state index in [1.165, 1.54) is 4.31 Å². The molecule has 0 bridgehead atoms. The van der Waals surface area contributed by atoms with E-state index in [1.807, 2.05) is 13.0 Å². The fourth-order valence-corrected chi connectivity index (χ4v) is 3.76. The lowest BCUT2D eigenvalue weighted by Crippen LogP contribution is -2.31. The summed E-state index contributed by atoms with van der Waals surface area (Å²) in [6, 6.07) is 13.7. The third-order valence-electron chi connectivity index (χ3n) is 3.06. The molecule has 0 fully saturated rings. The third kappa shape index (κ3) is 2.81. The van der Waals surface area contributed by atoms with Gasteiger partial charge in [0.05, 0.1) is 10.6 Å². The maximum Gasteiger partial charge on any atom is 0.264 e. The molecule has 0 saturated heterocycles. The monoisotopic (exact) mass is 309 g/mol. The van der Waals surface area contributed by atoms with Crippen LogP contribution in [0.3, 0.4) is 0 Å². The Bertz CT molecular complexity index is 699. The maximum absolute atomic E-state index is 12.7.